The average Bonchev–Trinajstić information content (AvgIpc) is 2.90. The van der Waals surface area contributed by atoms with Crippen LogP contribution >= 0.6 is 0 Å². The predicted octanol–water partition coefficient (Wildman–Crippen LogP) is 4.97. The van der Waals surface area contributed by atoms with Gasteiger partial charge < -0.3 is 5.32 Å². The van der Waals surface area contributed by atoms with E-state index >= 15 is 0 Å². The van der Waals surface area contributed by atoms with Crippen LogP contribution in [0.25, 0.3) is 0 Å². The van der Waals surface area contributed by atoms with Gasteiger partial charge in [-0.25, -0.2) is 0 Å². The lowest BCUT2D eigenvalue weighted by Gasteiger charge is -2.48. The highest BCUT2D eigenvalue weighted by Crippen LogP contribution is 2.63. The van der Waals surface area contributed by atoms with Gasteiger partial charge in [0, 0.05) is 16.6 Å². The molecule has 104 valence electrons. The van der Waals surface area contributed by atoms with Crippen molar-refractivity contribution < 1.29 is 0 Å². The van der Waals surface area contributed by atoms with Gasteiger partial charge >= 0.3 is 0 Å². The highest BCUT2D eigenvalue weighted by atomic mass is 15.1. The molecular weight excluding hydrogens is 230 g/mol. The predicted molar refractivity (Wildman–Crippen MR) is 82.6 cm³/mol. The summed E-state index contributed by atoms with van der Waals surface area (Å²) in [6.07, 6.45) is 5.30. The van der Waals surface area contributed by atoms with Gasteiger partial charge in [-0.2, -0.15) is 0 Å². The molecule has 1 heteroatoms. The Bertz CT molecular complexity index is 478. The van der Waals surface area contributed by atoms with E-state index in [0.29, 0.717) is 16.9 Å². The molecule has 1 fully saturated rings. The molecule has 0 bridgehead atoms. The second kappa shape index (κ2) is 4.26. The van der Waals surface area contributed by atoms with E-state index in [1.54, 1.807) is 5.56 Å². The minimum atomic E-state index is 0.291. The van der Waals surface area contributed by atoms with Crippen molar-refractivity contribution >= 4 is 5.69 Å². The van der Waals surface area contributed by atoms with Crippen molar-refractivity contribution in [2.24, 2.45) is 11.8 Å². The molecule has 1 aliphatic heterocycles. The number of nitrogens with one attached hydrogen (secondary N) is 1. The SMILES string of the molecule is CCC(C)[C@]12CCC[C@]1(C(C)C)c1ccccc1N2. The van der Waals surface area contributed by atoms with Crippen LogP contribution in [0.3, 0.4) is 0 Å². The molecule has 0 saturated heterocycles. The van der Waals surface area contributed by atoms with E-state index in [2.05, 4.69) is 57.3 Å². The second-order valence-corrected chi connectivity index (χ2v) is 6.93. The summed E-state index contributed by atoms with van der Waals surface area (Å²) in [6, 6.07) is 9.04. The van der Waals surface area contributed by atoms with Gasteiger partial charge in [0.15, 0.2) is 0 Å². The molecule has 19 heavy (non-hydrogen) atoms. The number of para-hydroxylation sites is 1. The number of fused-ring (bicyclic) bond motifs is 3. The van der Waals surface area contributed by atoms with Crippen LogP contribution in [0.1, 0.15) is 58.9 Å². The zero-order valence-corrected chi connectivity index (χ0v) is 12.8. The Hall–Kier alpha value is -0.980. The van der Waals surface area contributed by atoms with E-state index in [0.717, 1.165) is 5.92 Å². The second-order valence-electron chi connectivity index (χ2n) is 6.93. The number of rotatable bonds is 3. The largest absolute Gasteiger partial charge is 0.378 e. The van der Waals surface area contributed by atoms with E-state index in [1.807, 2.05) is 0 Å². The van der Waals surface area contributed by atoms with Crippen molar-refractivity contribution in [2.45, 2.75) is 64.3 Å². The number of benzene rings is 1. The summed E-state index contributed by atoms with van der Waals surface area (Å²) in [5.41, 5.74) is 3.62. The molecule has 0 spiro atoms. The van der Waals surface area contributed by atoms with Crippen molar-refractivity contribution in [3.63, 3.8) is 0 Å². The number of hydrogen-bond acceptors (Lipinski definition) is 1. The van der Waals surface area contributed by atoms with Gasteiger partial charge in [0.25, 0.3) is 0 Å². The molecule has 0 aromatic heterocycles. The average molecular weight is 257 g/mol. The maximum Gasteiger partial charge on any atom is 0.0498 e. The molecule has 1 nitrogen and oxygen atoms in total. The highest BCUT2D eigenvalue weighted by Gasteiger charge is 2.63. The third-order valence-electron chi connectivity index (χ3n) is 6.14. The zero-order valence-electron chi connectivity index (χ0n) is 12.8. The topological polar surface area (TPSA) is 12.0 Å². The van der Waals surface area contributed by atoms with Gasteiger partial charge in [0.05, 0.1) is 0 Å². The molecular formula is C18H27N. The van der Waals surface area contributed by atoms with E-state index in [9.17, 15) is 0 Å². The van der Waals surface area contributed by atoms with E-state index in [-0.39, 0.29) is 0 Å². The van der Waals surface area contributed by atoms with Gasteiger partial charge in [-0.05, 0) is 36.3 Å². The monoisotopic (exact) mass is 257 g/mol. The van der Waals surface area contributed by atoms with E-state index in [4.69, 9.17) is 0 Å². The summed E-state index contributed by atoms with van der Waals surface area (Å²) in [4.78, 5) is 0. The van der Waals surface area contributed by atoms with Crippen LogP contribution in [0, 0.1) is 11.8 Å². The lowest BCUT2D eigenvalue weighted by atomic mass is 9.59. The smallest absolute Gasteiger partial charge is 0.0498 e. The van der Waals surface area contributed by atoms with Crippen molar-refractivity contribution in [1.29, 1.82) is 0 Å². The summed E-state index contributed by atoms with van der Waals surface area (Å²) >= 11 is 0. The fourth-order valence-corrected chi connectivity index (χ4v) is 5.14. The fourth-order valence-electron chi connectivity index (χ4n) is 5.14. The molecule has 1 unspecified atom stereocenters. The van der Waals surface area contributed by atoms with Crippen LogP contribution in [-0.4, -0.2) is 5.54 Å². The van der Waals surface area contributed by atoms with E-state index in [1.165, 1.54) is 31.4 Å². The van der Waals surface area contributed by atoms with Crippen molar-refractivity contribution in [3.05, 3.63) is 29.8 Å². The quantitative estimate of drug-likeness (QED) is 0.805. The van der Waals surface area contributed by atoms with Crippen molar-refractivity contribution in [2.75, 3.05) is 5.32 Å². The van der Waals surface area contributed by atoms with Crippen LogP contribution in [0.15, 0.2) is 24.3 Å². The molecule has 0 radical (unpaired) electrons. The Morgan fingerprint density at radius 1 is 1.16 bits per heavy atom. The summed E-state index contributed by atoms with van der Waals surface area (Å²) in [5, 5.41) is 3.98. The van der Waals surface area contributed by atoms with Gasteiger partial charge in [-0.3, -0.25) is 0 Å². The molecule has 3 atom stereocenters. The molecule has 1 N–H and O–H groups in total. The summed E-state index contributed by atoms with van der Waals surface area (Å²) < 4.78 is 0. The first-order chi connectivity index (χ1) is 9.08. The van der Waals surface area contributed by atoms with Gasteiger partial charge in [-0.15, -0.1) is 0 Å². The van der Waals surface area contributed by atoms with Crippen LogP contribution in [0.4, 0.5) is 5.69 Å². The first kappa shape index (κ1) is 13.0. The molecule has 2 aliphatic rings. The minimum Gasteiger partial charge on any atom is -0.378 e. The Balaban J connectivity index is 2.21. The lowest BCUT2D eigenvalue weighted by molar-refractivity contribution is 0.161. The Morgan fingerprint density at radius 2 is 1.89 bits per heavy atom. The minimum absolute atomic E-state index is 0.291. The Labute approximate surface area is 117 Å². The first-order valence-corrected chi connectivity index (χ1v) is 7.96. The first-order valence-electron chi connectivity index (χ1n) is 7.96. The third kappa shape index (κ3) is 1.42. The highest BCUT2D eigenvalue weighted by molar-refractivity contribution is 5.66. The zero-order chi connectivity index (χ0) is 13.7. The molecule has 1 aliphatic carbocycles. The van der Waals surface area contributed by atoms with Crippen LogP contribution < -0.4 is 5.32 Å². The van der Waals surface area contributed by atoms with Crippen molar-refractivity contribution in [1.82, 2.24) is 0 Å². The molecule has 1 aromatic carbocycles. The maximum absolute atomic E-state index is 3.98. The Morgan fingerprint density at radius 3 is 2.58 bits per heavy atom. The van der Waals surface area contributed by atoms with Crippen molar-refractivity contribution in [3.8, 4) is 0 Å². The third-order valence-corrected chi connectivity index (χ3v) is 6.14. The maximum atomic E-state index is 3.98. The molecule has 1 aromatic rings. The van der Waals surface area contributed by atoms with Crippen LogP contribution in [0.5, 0.6) is 0 Å². The van der Waals surface area contributed by atoms with Crippen LogP contribution in [0.2, 0.25) is 0 Å². The van der Waals surface area contributed by atoms with E-state index < -0.39 is 0 Å². The van der Waals surface area contributed by atoms with Gasteiger partial charge in [0.2, 0.25) is 0 Å². The standard InChI is InChI=1S/C18H27N/c1-5-14(4)18-12-8-11-17(18,13(2)3)15-9-6-7-10-16(15)19-18/h6-7,9-10,13-14,19H,5,8,11-12H2,1-4H3/t14?,17-,18+/m0/s1. The lowest BCUT2D eigenvalue weighted by Crippen LogP contribution is -2.55. The number of anilines is 1. The molecule has 0 amide bonds. The normalized spacial score (nSPS) is 33.9. The summed E-state index contributed by atoms with van der Waals surface area (Å²) in [5.74, 6) is 1.42. The Kier molecular flexibility index (Phi) is 2.92. The number of hydrogen-bond donors (Lipinski definition) is 1. The van der Waals surface area contributed by atoms with Crippen LogP contribution in [-0.2, 0) is 5.41 Å². The van der Waals surface area contributed by atoms with Gasteiger partial charge in [-0.1, -0.05) is 58.7 Å². The molecule has 3 rings (SSSR count). The summed E-state index contributed by atoms with van der Waals surface area (Å²) in [6.45, 7) is 9.63. The molecule has 1 heterocycles. The summed E-state index contributed by atoms with van der Waals surface area (Å²) in [7, 11) is 0. The fraction of sp³-hybridized carbons (Fsp3) is 0.667. The van der Waals surface area contributed by atoms with Gasteiger partial charge in [0.1, 0.15) is 0 Å². The molecule has 1 saturated carbocycles.